The Bertz CT molecular complexity index is 1040. The van der Waals surface area contributed by atoms with Crippen molar-refractivity contribution in [2.24, 2.45) is 0 Å². The largest absolute Gasteiger partial charge is 0.321 e. The van der Waals surface area contributed by atoms with E-state index in [1.54, 1.807) is 25.1 Å². The Kier molecular flexibility index (Phi) is 4.88. The van der Waals surface area contributed by atoms with Crippen LogP contribution in [0.4, 0.5) is 5.69 Å². The van der Waals surface area contributed by atoms with Gasteiger partial charge in [-0.05, 0) is 37.7 Å². The molecule has 0 unspecified atom stereocenters. The molecule has 0 aliphatic carbocycles. The number of aromatic nitrogens is 2. The van der Waals surface area contributed by atoms with Gasteiger partial charge in [-0.25, -0.2) is 13.1 Å². The number of carbonyl (C=O) groups is 1. The van der Waals surface area contributed by atoms with E-state index in [1.165, 1.54) is 13.1 Å². The first-order valence-corrected chi connectivity index (χ1v) is 9.35. The summed E-state index contributed by atoms with van der Waals surface area (Å²) in [5.41, 5.74) is 2.79. The first-order chi connectivity index (χ1) is 12.4. The third kappa shape index (κ3) is 3.66. The van der Waals surface area contributed by atoms with E-state index in [0.29, 0.717) is 16.9 Å². The zero-order chi connectivity index (χ0) is 18.7. The first-order valence-electron chi connectivity index (χ1n) is 7.87. The van der Waals surface area contributed by atoms with Crippen molar-refractivity contribution in [2.45, 2.75) is 11.8 Å². The van der Waals surface area contributed by atoms with Crippen LogP contribution in [0.3, 0.4) is 0 Å². The summed E-state index contributed by atoms with van der Waals surface area (Å²) in [4.78, 5) is 12.5. The molecule has 1 amide bonds. The Labute approximate surface area is 151 Å². The molecule has 0 fully saturated rings. The smallest absolute Gasteiger partial charge is 0.273 e. The number of anilines is 1. The van der Waals surface area contributed by atoms with E-state index < -0.39 is 15.9 Å². The number of benzene rings is 2. The second-order valence-electron chi connectivity index (χ2n) is 5.67. The summed E-state index contributed by atoms with van der Waals surface area (Å²) >= 11 is 0. The summed E-state index contributed by atoms with van der Waals surface area (Å²) < 4.78 is 26.4. The van der Waals surface area contributed by atoms with Crippen molar-refractivity contribution in [2.75, 3.05) is 12.4 Å². The van der Waals surface area contributed by atoms with Gasteiger partial charge >= 0.3 is 0 Å². The van der Waals surface area contributed by atoms with Crippen LogP contribution in [0, 0.1) is 6.92 Å². The molecule has 3 rings (SSSR count). The highest BCUT2D eigenvalue weighted by Crippen LogP contribution is 2.21. The minimum Gasteiger partial charge on any atom is -0.321 e. The van der Waals surface area contributed by atoms with Crippen LogP contribution in [0.2, 0.25) is 0 Å². The van der Waals surface area contributed by atoms with Crippen molar-refractivity contribution in [1.82, 2.24) is 14.9 Å². The maximum absolute atomic E-state index is 12.4. The second kappa shape index (κ2) is 7.11. The summed E-state index contributed by atoms with van der Waals surface area (Å²) in [7, 11) is -2.26. The molecule has 0 saturated carbocycles. The summed E-state index contributed by atoms with van der Waals surface area (Å²) in [6, 6.07) is 15.8. The quantitative estimate of drug-likeness (QED) is 0.642. The van der Waals surface area contributed by atoms with Gasteiger partial charge in [0.25, 0.3) is 5.91 Å². The third-order valence-electron chi connectivity index (χ3n) is 3.90. The van der Waals surface area contributed by atoms with Crippen LogP contribution in [0.25, 0.3) is 11.3 Å². The van der Waals surface area contributed by atoms with E-state index in [0.717, 1.165) is 5.56 Å². The highest BCUT2D eigenvalue weighted by molar-refractivity contribution is 7.89. The van der Waals surface area contributed by atoms with E-state index >= 15 is 0 Å². The molecule has 0 bridgehead atoms. The lowest BCUT2D eigenvalue weighted by atomic mass is 10.1. The van der Waals surface area contributed by atoms with Crippen LogP contribution in [-0.2, 0) is 10.0 Å². The van der Waals surface area contributed by atoms with Gasteiger partial charge in [-0.3, -0.25) is 9.89 Å². The summed E-state index contributed by atoms with van der Waals surface area (Å²) in [6.07, 6.45) is 0. The van der Waals surface area contributed by atoms with Crippen LogP contribution < -0.4 is 10.0 Å². The molecule has 2 aromatic carbocycles. The number of carbonyl (C=O) groups excluding carboxylic acids is 1. The molecule has 0 aliphatic heterocycles. The number of nitrogens with zero attached hydrogens (tertiary/aromatic N) is 1. The Morgan fingerprint density at radius 1 is 1.08 bits per heavy atom. The highest BCUT2D eigenvalue weighted by atomic mass is 32.2. The van der Waals surface area contributed by atoms with Crippen molar-refractivity contribution in [3.05, 3.63) is 65.9 Å². The zero-order valence-electron chi connectivity index (χ0n) is 14.3. The molecule has 3 N–H and O–H groups in total. The number of hydrogen-bond donors (Lipinski definition) is 3. The minimum atomic E-state index is -3.61. The fourth-order valence-corrected chi connectivity index (χ4v) is 3.46. The minimum absolute atomic E-state index is 0.118. The fraction of sp³-hybridized carbons (Fsp3) is 0.111. The number of aryl methyl sites for hydroxylation is 1. The van der Waals surface area contributed by atoms with E-state index in [2.05, 4.69) is 20.2 Å². The molecule has 8 heteroatoms. The lowest BCUT2D eigenvalue weighted by molar-refractivity contribution is 0.102. The van der Waals surface area contributed by atoms with Gasteiger partial charge in [0.05, 0.1) is 10.6 Å². The fourth-order valence-electron chi connectivity index (χ4n) is 2.47. The predicted molar refractivity (Wildman–Crippen MR) is 99.4 cm³/mol. The van der Waals surface area contributed by atoms with Crippen LogP contribution in [0.5, 0.6) is 0 Å². The maximum atomic E-state index is 12.4. The number of aromatic amines is 1. The first kappa shape index (κ1) is 17.8. The Hall–Kier alpha value is -2.97. The molecule has 1 aromatic heterocycles. The number of H-pyrrole nitrogens is 1. The topological polar surface area (TPSA) is 104 Å². The van der Waals surface area contributed by atoms with Gasteiger partial charge in [0.15, 0.2) is 0 Å². The average molecular weight is 370 g/mol. The summed E-state index contributed by atoms with van der Waals surface area (Å²) in [5, 5.41) is 9.53. The number of hydrogen-bond acceptors (Lipinski definition) is 4. The van der Waals surface area contributed by atoms with Crippen LogP contribution >= 0.6 is 0 Å². The lowest BCUT2D eigenvalue weighted by Crippen LogP contribution is -2.20. The van der Waals surface area contributed by atoms with Gasteiger partial charge in [-0.15, -0.1) is 0 Å². The number of amides is 1. The Morgan fingerprint density at radius 3 is 2.50 bits per heavy atom. The average Bonchev–Trinajstić information content (AvgIpc) is 3.14. The second-order valence-corrected chi connectivity index (χ2v) is 7.53. The molecule has 0 spiro atoms. The predicted octanol–water partition coefficient (Wildman–Crippen LogP) is 2.55. The SMILES string of the molecule is CNS(=O)(=O)c1cc(NC(=O)c2cc(-c3ccccc3)n[nH]2)ccc1C. The van der Waals surface area contributed by atoms with E-state index in [-0.39, 0.29) is 10.6 Å². The van der Waals surface area contributed by atoms with Crippen molar-refractivity contribution >= 4 is 21.6 Å². The van der Waals surface area contributed by atoms with E-state index in [4.69, 9.17) is 0 Å². The molecule has 0 aliphatic rings. The standard InChI is InChI=1S/C18H18N4O3S/c1-12-8-9-14(10-17(12)26(24,25)19-2)20-18(23)16-11-15(21-22-16)13-6-4-3-5-7-13/h3-11,19H,1-2H3,(H,20,23)(H,21,22). The Balaban J connectivity index is 1.83. The highest BCUT2D eigenvalue weighted by Gasteiger charge is 2.17. The molecule has 1 heterocycles. The van der Waals surface area contributed by atoms with E-state index in [9.17, 15) is 13.2 Å². The molecule has 7 nitrogen and oxygen atoms in total. The van der Waals surface area contributed by atoms with Gasteiger partial charge < -0.3 is 5.32 Å². The number of nitrogens with one attached hydrogen (secondary N) is 3. The van der Waals surface area contributed by atoms with E-state index in [1.807, 2.05) is 30.3 Å². The third-order valence-corrected chi connectivity index (χ3v) is 5.45. The summed E-state index contributed by atoms with van der Waals surface area (Å²) in [6.45, 7) is 1.69. The lowest BCUT2D eigenvalue weighted by Gasteiger charge is -2.09. The molecule has 134 valence electrons. The van der Waals surface area contributed by atoms with Gasteiger partial charge in [0.2, 0.25) is 10.0 Å². The normalized spacial score (nSPS) is 11.3. The van der Waals surface area contributed by atoms with Crippen LogP contribution in [-0.4, -0.2) is 31.6 Å². The molecule has 0 radical (unpaired) electrons. The van der Waals surface area contributed by atoms with Crippen molar-refractivity contribution in [1.29, 1.82) is 0 Å². The number of rotatable bonds is 5. The molecule has 3 aromatic rings. The van der Waals surface area contributed by atoms with Crippen molar-refractivity contribution < 1.29 is 13.2 Å². The van der Waals surface area contributed by atoms with Crippen molar-refractivity contribution in [3.8, 4) is 11.3 Å². The van der Waals surface area contributed by atoms with Crippen LogP contribution in [0.1, 0.15) is 16.1 Å². The van der Waals surface area contributed by atoms with Crippen LogP contribution in [0.15, 0.2) is 59.5 Å². The molecular formula is C18H18N4O3S. The molecule has 0 saturated heterocycles. The van der Waals surface area contributed by atoms with Gasteiger partial charge in [-0.2, -0.15) is 5.10 Å². The molecule has 0 atom stereocenters. The Morgan fingerprint density at radius 2 is 1.81 bits per heavy atom. The maximum Gasteiger partial charge on any atom is 0.273 e. The van der Waals surface area contributed by atoms with Gasteiger partial charge in [0, 0.05) is 11.3 Å². The molecular weight excluding hydrogens is 352 g/mol. The van der Waals surface area contributed by atoms with Crippen molar-refractivity contribution in [3.63, 3.8) is 0 Å². The zero-order valence-corrected chi connectivity index (χ0v) is 15.1. The summed E-state index contributed by atoms with van der Waals surface area (Å²) in [5.74, 6) is -0.406. The van der Waals surface area contributed by atoms with Gasteiger partial charge in [-0.1, -0.05) is 36.4 Å². The number of sulfonamides is 1. The monoisotopic (exact) mass is 370 g/mol. The van der Waals surface area contributed by atoms with Gasteiger partial charge in [0.1, 0.15) is 5.69 Å². The molecule has 26 heavy (non-hydrogen) atoms.